The summed E-state index contributed by atoms with van der Waals surface area (Å²) < 4.78 is 15.0. The van der Waals surface area contributed by atoms with Crippen molar-refractivity contribution in [1.29, 1.82) is 0 Å². The van der Waals surface area contributed by atoms with Gasteiger partial charge in [-0.05, 0) is 53.6 Å². The Morgan fingerprint density at radius 2 is 1.15 bits per heavy atom. The summed E-state index contributed by atoms with van der Waals surface area (Å²) in [5.74, 6) is 3.61. The van der Waals surface area contributed by atoms with E-state index in [1.54, 1.807) is 0 Å². The predicted octanol–water partition coefficient (Wildman–Crippen LogP) is 9.41. The molecule has 7 aromatic rings. The monoisotopic (exact) mass is 502 g/mol. The molecule has 0 N–H and O–H groups in total. The minimum atomic E-state index is 0.688. The van der Waals surface area contributed by atoms with Gasteiger partial charge in [-0.25, -0.2) is 4.98 Å². The van der Waals surface area contributed by atoms with Crippen LogP contribution in [0.3, 0.4) is 0 Å². The highest BCUT2D eigenvalue weighted by molar-refractivity contribution is 6.12. The average Bonchev–Trinajstić information content (AvgIpc) is 3.36. The Hall–Kier alpha value is -5.35. The summed E-state index contributed by atoms with van der Waals surface area (Å²) in [6, 6.07) is 45.4. The van der Waals surface area contributed by atoms with Gasteiger partial charge in [0.05, 0.1) is 11.2 Å². The fourth-order valence-electron chi connectivity index (χ4n) is 5.46. The van der Waals surface area contributed by atoms with Crippen molar-refractivity contribution < 1.29 is 9.47 Å². The van der Waals surface area contributed by atoms with E-state index in [4.69, 9.17) is 14.5 Å². The van der Waals surface area contributed by atoms with Crippen LogP contribution in [0.1, 0.15) is 0 Å². The molecule has 0 amide bonds. The first-order valence-electron chi connectivity index (χ1n) is 13.0. The number of rotatable bonds is 3. The number of hydrogen-bond donors (Lipinski definition) is 0. The molecule has 184 valence electrons. The zero-order valence-electron chi connectivity index (χ0n) is 20.9. The quantitative estimate of drug-likeness (QED) is 0.241. The summed E-state index contributed by atoms with van der Waals surface area (Å²) >= 11 is 0. The fraction of sp³-hybridized carbons (Fsp3) is 0. The molecule has 0 spiro atoms. The predicted molar refractivity (Wildman–Crippen MR) is 156 cm³/mol. The van der Waals surface area contributed by atoms with Crippen LogP contribution in [0, 0.1) is 0 Å². The molecule has 0 aliphatic carbocycles. The maximum atomic E-state index is 6.54. The highest BCUT2D eigenvalue weighted by Crippen LogP contribution is 2.50. The van der Waals surface area contributed by atoms with Crippen LogP contribution in [0.4, 0.5) is 0 Å². The van der Waals surface area contributed by atoms with Crippen LogP contribution >= 0.6 is 0 Å². The van der Waals surface area contributed by atoms with E-state index in [-0.39, 0.29) is 0 Å². The molecule has 0 saturated heterocycles. The second-order valence-corrected chi connectivity index (χ2v) is 9.62. The number of benzene rings is 5. The van der Waals surface area contributed by atoms with Crippen molar-refractivity contribution in [2.45, 2.75) is 0 Å². The molecule has 0 unspecified atom stereocenters. The molecule has 4 nitrogen and oxygen atoms in total. The van der Waals surface area contributed by atoms with Crippen molar-refractivity contribution in [3.8, 4) is 51.2 Å². The van der Waals surface area contributed by atoms with Gasteiger partial charge in [-0.2, -0.15) is 0 Å². The lowest BCUT2D eigenvalue weighted by Crippen LogP contribution is -2.04. The lowest BCUT2D eigenvalue weighted by Gasteiger charge is -2.22. The molecule has 0 atom stereocenters. The molecule has 0 radical (unpaired) electrons. The highest BCUT2D eigenvalue weighted by atomic mass is 16.6. The number of nitrogens with zero attached hydrogens (tertiary/aromatic N) is 2. The number of hydrogen-bond acceptors (Lipinski definition) is 3. The Kier molecular flexibility index (Phi) is 4.79. The smallest absolute Gasteiger partial charge is 0.194 e. The van der Waals surface area contributed by atoms with Crippen LogP contribution in [0.5, 0.6) is 23.0 Å². The maximum absolute atomic E-state index is 6.54. The van der Waals surface area contributed by atoms with E-state index < -0.39 is 0 Å². The van der Waals surface area contributed by atoms with Crippen molar-refractivity contribution in [1.82, 2.24) is 9.55 Å². The van der Waals surface area contributed by atoms with Crippen LogP contribution in [0.15, 0.2) is 133 Å². The van der Waals surface area contributed by atoms with E-state index in [0.717, 1.165) is 50.0 Å². The zero-order valence-corrected chi connectivity index (χ0v) is 20.9. The van der Waals surface area contributed by atoms with Gasteiger partial charge in [0.25, 0.3) is 0 Å². The number of pyridine rings is 1. The van der Waals surface area contributed by atoms with Crippen molar-refractivity contribution in [3.63, 3.8) is 0 Å². The SMILES string of the molecule is c1ccc(-c2cc(-c3ccccc3)nc(-n3c4ccccc4c4ccc5c(c43)Oc3ccccc3O5)c2)cc1. The Morgan fingerprint density at radius 3 is 1.95 bits per heavy atom. The summed E-state index contributed by atoms with van der Waals surface area (Å²) in [6.45, 7) is 0. The molecule has 0 saturated carbocycles. The molecule has 4 heteroatoms. The molecule has 1 aliphatic heterocycles. The van der Waals surface area contributed by atoms with Gasteiger partial charge in [0.2, 0.25) is 0 Å². The van der Waals surface area contributed by atoms with Crippen molar-refractivity contribution in [2.24, 2.45) is 0 Å². The molecule has 0 fully saturated rings. The third kappa shape index (κ3) is 3.50. The molecule has 39 heavy (non-hydrogen) atoms. The summed E-state index contributed by atoms with van der Waals surface area (Å²) in [5.41, 5.74) is 6.19. The number of fused-ring (bicyclic) bond motifs is 6. The van der Waals surface area contributed by atoms with E-state index in [9.17, 15) is 0 Å². The average molecular weight is 503 g/mol. The van der Waals surface area contributed by atoms with E-state index in [0.29, 0.717) is 23.0 Å². The first-order chi connectivity index (χ1) is 19.3. The second-order valence-electron chi connectivity index (χ2n) is 9.62. The third-order valence-corrected chi connectivity index (χ3v) is 7.25. The molecule has 3 heterocycles. The summed E-state index contributed by atoms with van der Waals surface area (Å²) in [7, 11) is 0. The molecule has 2 aromatic heterocycles. The molecule has 0 bridgehead atoms. The highest BCUT2D eigenvalue weighted by Gasteiger charge is 2.26. The summed E-state index contributed by atoms with van der Waals surface area (Å²) in [5, 5.41) is 2.21. The molecular weight excluding hydrogens is 480 g/mol. The number of ether oxygens (including phenoxy) is 2. The second kappa shape index (κ2) is 8.61. The van der Waals surface area contributed by atoms with Crippen LogP contribution in [0.25, 0.3) is 50.0 Å². The standard InChI is InChI=1S/C35H22N2O2/c1-3-11-23(12-4-1)25-21-28(24-13-5-2-6-14-24)36-33(22-25)37-29-16-8-7-15-26(29)27-19-20-32-35(34(27)37)39-31-18-10-9-17-30(31)38-32/h1-22H. The van der Waals surface area contributed by atoms with Gasteiger partial charge < -0.3 is 9.47 Å². The van der Waals surface area contributed by atoms with E-state index in [1.807, 2.05) is 54.6 Å². The van der Waals surface area contributed by atoms with E-state index in [2.05, 4.69) is 83.4 Å². The van der Waals surface area contributed by atoms with Gasteiger partial charge in [0.15, 0.2) is 23.0 Å². The van der Waals surface area contributed by atoms with Gasteiger partial charge in [-0.15, -0.1) is 0 Å². The fourth-order valence-corrected chi connectivity index (χ4v) is 5.46. The molecule has 5 aromatic carbocycles. The molecule has 1 aliphatic rings. The normalized spacial score (nSPS) is 12.0. The van der Waals surface area contributed by atoms with Crippen LogP contribution < -0.4 is 9.47 Å². The van der Waals surface area contributed by atoms with Crippen molar-refractivity contribution in [2.75, 3.05) is 0 Å². The number of para-hydroxylation sites is 3. The largest absolute Gasteiger partial charge is 0.449 e. The van der Waals surface area contributed by atoms with Crippen molar-refractivity contribution >= 4 is 21.8 Å². The lowest BCUT2D eigenvalue weighted by molar-refractivity contribution is 0.362. The Labute approximate surface area is 225 Å². The Morgan fingerprint density at radius 1 is 0.487 bits per heavy atom. The third-order valence-electron chi connectivity index (χ3n) is 7.25. The summed E-state index contributed by atoms with van der Waals surface area (Å²) in [4.78, 5) is 5.23. The topological polar surface area (TPSA) is 36.3 Å². The first-order valence-corrected chi connectivity index (χ1v) is 13.0. The van der Waals surface area contributed by atoms with Crippen LogP contribution in [-0.2, 0) is 0 Å². The molecule has 8 rings (SSSR count). The lowest BCUT2D eigenvalue weighted by atomic mass is 10.0. The Balaban J connectivity index is 1.46. The van der Waals surface area contributed by atoms with Gasteiger partial charge in [0.1, 0.15) is 11.3 Å². The minimum Gasteiger partial charge on any atom is -0.449 e. The number of aromatic nitrogens is 2. The summed E-state index contributed by atoms with van der Waals surface area (Å²) in [6.07, 6.45) is 0. The first kappa shape index (κ1) is 21.7. The zero-order chi connectivity index (χ0) is 25.8. The van der Waals surface area contributed by atoms with Crippen LogP contribution in [-0.4, -0.2) is 9.55 Å². The van der Waals surface area contributed by atoms with E-state index >= 15 is 0 Å². The van der Waals surface area contributed by atoms with Crippen LogP contribution in [0.2, 0.25) is 0 Å². The minimum absolute atomic E-state index is 0.688. The van der Waals surface area contributed by atoms with Gasteiger partial charge >= 0.3 is 0 Å². The maximum Gasteiger partial charge on any atom is 0.194 e. The van der Waals surface area contributed by atoms with Gasteiger partial charge in [-0.1, -0.05) is 91.0 Å². The Bertz CT molecular complexity index is 1950. The molecular formula is C35H22N2O2. The van der Waals surface area contributed by atoms with E-state index in [1.165, 1.54) is 0 Å². The van der Waals surface area contributed by atoms with Crippen molar-refractivity contribution in [3.05, 3.63) is 133 Å². The van der Waals surface area contributed by atoms with Gasteiger partial charge in [-0.3, -0.25) is 4.57 Å². The van der Waals surface area contributed by atoms with Gasteiger partial charge in [0, 0.05) is 16.3 Å².